The van der Waals surface area contributed by atoms with Crippen molar-refractivity contribution in [1.29, 1.82) is 0 Å². The molecule has 1 saturated carbocycles. The Hall–Kier alpha value is -0.610. The average Bonchev–Trinajstić information content (AvgIpc) is 2.85. The number of aliphatic hydroxyl groups is 1. The molecule has 1 aliphatic rings. The second-order valence-electron chi connectivity index (χ2n) is 3.61. The summed E-state index contributed by atoms with van der Waals surface area (Å²) >= 11 is 0. The highest BCUT2D eigenvalue weighted by atomic mass is 16.4. The van der Waals surface area contributed by atoms with Gasteiger partial charge in [0.1, 0.15) is 0 Å². The molecule has 1 atom stereocenters. The maximum atomic E-state index is 10.1. The van der Waals surface area contributed by atoms with Crippen molar-refractivity contribution >= 4 is 5.97 Å². The van der Waals surface area contributed by atoms with E-state index in [9.17, 15) is 9.90 Å². The monoisotopic (exact) mass is 187 g/mol. The Kier molecular flexibility index (Phi) is 4.18. The van der Waals surface area contributed by atoms with Crippen molar-refractivity contribution in [2.45, 2.75) is 31.8 Å². The van der Waals surface area contributed by atoms with E-state index < -0.39 is 5.97 Å². The molecule has 0 aromatic rings. The first-order valence-corrected chi connectivity index (χ1v) is 4.80. The molecule has 1 unspecified atom stereocenters. The topological polar surface area (TPSA) is 69.6 Å². The van der Waals surface area contributed by atoms with E-state index in [4.69, 9.17) is 5.11 Å². The van der Waals surface area contributed by atoms with Crippen molar-refractivity contribution in [3.8, 4) is 0 Å². The summed E-state index contributed by atoms with van der Waals surface area (Å²) in [5.41, 5.74) is 0. The largest absolute Gasteiger partial charge is 0.481 e. The zero-order valence-corrected chi connectivity index (χ0v) is 7.70. The van der Waals surface area contributed by atoms with Gasteiger partial charge in [0.05, 0.1) is 6.10 Å². The Balaban J connectivity index is 1.85. The van der Waals surface area contributed by atoms with Gasteiger partial charge in [-0.25, -0.2) is 0 Å². The van der Waals surface area contributed by atoms with E-state index in [2.05, 4.69) is 5.32 Å². The number of carboxylic acid groups (broad SMARTS) is 1. The van der Waals surface area contributed by atoms with Crippen LogP contribution in [0.4, 0.5) is 0 Å². The maximum absolute atomic E-state index is 10.1. The van der Waals surface area contributed by atoms with Gasteiger partial charge in [-0.05, 0) is 31.7 Å². The molecule has 0 aromatic carbocycles. The zero-order valence-electron chi connectivity index (χ0n) is 7.70. The molecule has 1 fully saturated rings. The van der Waals surface area contributed by atoms with Gasteiger partial charge in [0.15, 0.2) is 0 Å². The van der Waals surface area contributed by atoms with Crippen LogP contribution in [0, 0.1) is 5.92 Å². The van der Waals surface area contributed by atoms with Crippen LogP contribution in [-0.4, -0.2) is 35.4 Å². The second-order valence-corrected chi connectivity index (χ2v) is 3.61. The number of aliphatic carboxylic acids is 1. The van der Waals surface area contributed by atoms with E-state index in [-0.39, 0.29) is 12.5 Å². The second kappa shape index (κ2) is 5.19. The van der Waals surface area contributed by atoms with Gasteiger partial charge in [-0.2, -0.15) is 0 Å². The summed E-state index contributed by atoms with van der Waals surface area (Å²) in [7, 11) is 0. The Labute approximate surface area is 78.0 Å². The van der Waals surface area contributed by atoms with Crippen LogP contribution in [0.15, 0.2) is 0 Å². The van der Waals surface area contributed by atoms with Gasteiger partial charge < -0.3 is 15.5 Å². The number of rotatable bonds is 7. The Morgan fingerprint density at radius 2 is 2.23 bits per heavy atom. The van der Waals surface area contributed by atoms with Gasteiger partial charge in [0.2, 0.25) is 0 Å². The Bertz CT molecular complexity index is 168. The van der Waals surface area contributed by atoms with E-state index in [1.807, 2.05) is 0 Å². The average molecular weight is 187 g/mol. The normalized spacial score (nSPS) is 18.5. The van der Waals surface area contributed by atoms with E-state index in [0.29, 0.717) is 25.4 Å². The molecule has 13 heavy (non-hydrogen) atoms. The van der Waals surface area contributed by atoms with Crippen LogP contribution in [0.3, 0.4) is 0 Å². The maximum Gasteiger partial charge on any atom is 0.303 e. The van der Waals surface area contributed by atoms with Crippen LogP contribution in [0.25, 0.3) is 0 Å². The van der Waals surface area contributed by atoms with Crippen LogP contribution in [0.2, 0.25) is 0 Å². The first kappa shape index (κ1) is 10.5. The summed E-state index contributed by atoms with van der Waals surface area (Å²) in [6.45, 7) is 1.28. The van der Waals surface area contributed by atoms with Crippen LogP contribution in [-0.2, 0) is 4.79 Å². The predicted octanol–water partition coefficient (Wildman–Crippen LogP) is 0.212. The standard InChI is InChI=1S/C9H17NO3/c11-8(7-3-4-7)6-10-5-1-2-9(12)13/h7-8,10-11H,1-6H2,(H,12,13). The third-order valence-electron chi connectivity index (χ3n) is 2.26. The summed E-state index contributed by atoms with van der Waals surface area (Å²) in [4.78, 5) is 10.1. The van der Waals surface area contributed by atoms with Gasteiger partial charge in [0.25, 0.3) is 0 Å². The Morgan fingerprint density at radius 3 is 2.77 bits per heavy atom. The molecule has 0 aliphatic heterocycles. The minimum atomic E-state index is -0.760. The summed E-state index contributed by atoms with van der Waals surface area (Å²) in [5.74, 6) is -0.267. The van der Waals surface area contributed by atoms with Crippen molar-refractivity contribution in [2.75, 3.05) is 13.1 Å². The lowest BCUT2D eigenvalue weighted by Gasteiger charge is -2.09. The van der Waals surface area contributed by atoms with E-state index in [1.54, 1.807) is 0 Å². The van der Waals surface area contributed by atoms with E-state index >= 15 is 0 Å². The quantitative estimate of drug-likeness (QED) is 0.498. The lowest BCUT2D eigenvalue weighted by molar-refractivity contribution is -0.137. The van der Waals surface area contributed by atoms with Gasteiger partial charge in [0, 0.05) is 13.0 Å². The first-order chi connectivity index (χ1) is 6.20. The number of hydrogen-bond donors (Lipinski definition) is 3. The molecule has 1 aliphatic carbocycles. The van der Waals surface area contributed by atoms with Crippen molar-refractivity contribution in [3.05, 3.63) is 0 Å². The van der Waals surface area contributed by atoms with Crippen LogP contribution in [0.5, 0.6) is 0 Å². The molecule has 4 heteroatoms. The molecule has 0 radical (unpaired) electrons. The lowest BCUT2D eigenvalue weighted by Crippen LogP contribution is -2.29. The minimum absolute atomic E-state index is 0.201. The molecule has 1 rings (SSSR count). The number of carboxylic acids is 1. The molecular formula is C9H17NO3. The molecule has 4 nitrogen and oxygen atoms in total. The number of carbonyl (C=O) groups is 1. The number of nitrogens with one attached hydrogen (secondary N) is 1. The molecule has 0 aromatic heterocycles. The summed E-state index contributed by atoms with van der Waals surface area (Å²) in [6, 6.07) is 0. The van der Waals surface area contributed by atoms with Crippen LogP contribution in [0.1, 0.15) is 25.7 Å². The van der Waals surface area contributed by atoms with E-state index in [0.717, 1.165) is 12.8 Å². The molecular weight excluding hydrogens is 170 g/mol. The molecule has 3 N–H and O–H groups in total. The summed E-state index contributed by atoms with van der Waals surface area (Å²) < 4.78 is 0. The highest BCUT2D eigenvalue weighted by molar-refractivity contribution is 5.66. The molecule has 0 amide bonds. The number of aliphatic hydroxyl groups excluding tert-OH is 1. The van der Waals surface area contributed by atoms with Gasteiger partial charge >= 0.3 is 5.97 Å². The number of hydrogen-bond acceptors (Lipinski definition) is 3. The molecule has 76 valence electrons. The van der Waals surface area contributed by atoms with Crippen LogP contribution >= 0.6 is 0 Å². The van der Waals surface area contributed by atoms with Gasteiger partial charge in [-0.3, -0.25) is 4.79 Å². The minimum Gasteiger partial charge on any atom is -0.481 e. The molecule has 0 bridgehead atoms. The summed E-state index contributed by atoms with van der Waals surface area (Å²) in [6.07, 6.45) is 2.87. The van der Waals surface area contributed by atoms with Crippen LogP contribution < -0.4 is 5.32 Å². The van der Waals surface area contributed by atoms with Crippen molar-refractivity contribution in [3.63, 3.8) is 0 Å². The molecule has 0 heterocycles. The fraction of sp³-hybridized carbons (Fsp3) is 0.889. The zero-order chi connectivity index (χ0) is 9.68. The lowest BCUT2D eigenvalue weighted by atomic mass is 10.2. The smallest absolute Gasteiger partial charge is 0.303 e. The van der Waals surface area contributed by atoms with E-state index in [1.165, 1.54) is 0 Å². The first-order valence-electron chi connectivity index (χ1n) is 4.80. The highest BCUT2D eigenvalue weighted by Gasteiger charge is 2.28. The van der Waals surface area contributed by atoms with Crippen molar-refractivity contribution in [2.24, 2.45) is 5.92 Å². The Morgan fingerprint density at radius 1 is 1.54 bits per heavy atom. The fourth-order valence-electron chi connectivity index (χ4n) is 1.26. The van der Waals surface area contributed by atoms with Gasteiger partial charge in [-0.1, -0.05) is 0 Å². The SMILES string of the molecule is O=C(O)CCCNCC(O)C1CC1. The third-order valence-corrected chi connectivity index (χ3v) is 2.26. The highest BCUT2D eigenvalue weighted by Crippen LogP contribution is 2.32. The molecule has 0 saturated heterocycles. The van der Waals surface area contributed by atoms with Crippen molar-refractivity contribution in [1.82, 2.24) is 5.32 Å². The predicted molar refractivity (Wildman–Crippen MR) is 48.5 cm³/mol. The summed E-state index contributed by atoms with van der Waals surface area (Å²) in [5, 5.41) is 20.8. The molecule has 0 spiro atoms. The fourth-order valence-corrected chi connectivity index (χ4v) is 1.26. The third kappa shape index (κ3) is 4.85. The van der Waals surface area contributed by atoms with Crippen molar-refractivity contribution < 1.29 is 15.0 Å². The van der Waals surface area contributed by atoms with Gasteiger partial charge in [-0.15, -0.1) is 0 Å².